The zero-order valence-corrected chi connectivity index (χ0v) is 18.6. The van der Waals surface area contributed by atoms with Crippen LogP contribution in [0.5, 0.6) is 11.5 Å². The first kappa shape index (κ1) is 20.8. The minimum absolute atomic E-state index is 0.00275. The number of piperidine rings is 1. The van der Waals surface area contributed by atoms with Crippen molar-refractivity contribution in [1.29, 1.82) is 0 Å². The summed E-state index contributed by atoms with van der Waals surface area (Å²) in [4.78, 5) is 7.14. The number of rotatable bonds is 7. The molecule has 1 aliphatic carbocycles. The molecule has 3 heterocycles. The lowest BCUT2D eigenvalue weighted by atomic mass is 9.78. The number of aromatic nitrogens is 2. The Morgan fingerprint density at radius 2 is 1.97 bits per heavy atom. The molecule has 168 valence electrons. The summed E-state index contributed by atoms with van der Waals surface area (Å²) in [6.07, 6.45) is 7.59. The van der Waals surface area contributed by atoms with Gasteiger partial charge in [-0.25, -0.2) is 0 Å². The third-order valence-corrected chi connectivity index (χ3v) is 7.13. The van der Waals surface area contributed by atoms with Crippen molar-refractivity contribution < 1.29 is 18.7 Å². The summed E-state index contributed by atoms with van der Waals surface area (Å²) in [6.45, 7) is 3.75. The van der Waals surface area contributed by atoms with Crippen LogP contribution in [0.1, 0.15) is 61.7 Å². The van der Waals surface area contributed by atoms with E-state index < -0.39 is 0 Å². The van der Waals surface area contributed by atoms with E-state index in [2.05, 4.69) is 21.1 Å². The second-order valence-electron chi connectivity index (χ2n) is 9.34. The fourth-order valence-corrected chi connectivity index (χ4v) is 5.19. The van der Waals surface area contributed by atoms with Gasteiger partial charge in [0.2, 0.25) is 5.89 Å². The molecular formula is C24H33N3O4. The van der Waals surface area contributed by atoms with E-state index in [0.717, 1.165) is 81.6 Å². The monoisotopic (exact) mass is 427 g/mol. The van der Waals surface area contributed by atoms with E-state index >= 15 is 0 Å². The third-order valence-electron chi connectivity index (χ3n) is 7.13. The zero-order valence-electron chi connectivity index (χ0n) is 18.6. The van der Waals surface area contributed by atoms with Crippen LogP contribution < -0.4 is 9.47 Å². The van der Waals surface area contributed by atoms with Crippen molar-refractivity contribution in [1.82, 2.24) is 15.0 Å². The van der Waals surface area contributed by atoms with Crippen LogP contribution >= 0.6 is 0 Å². The molecule has 0 bridgehead atoms. The highest BCUT2D eigenvalue weighted by Gasteiger charge is 2.41. The zero-order chi connectivity index (χ0) is 21.3. The van der Waals surface area contributed by atoms with Crippen LogP contribution in [0.15, 0.2) is 22.7 Å². The van der Waals surface area contributed by atoms with Crippen LogP contribution in [0.3, 0.4) is 0 Å². The average Bonchev–Trinajstić information content (AvgIpc) is 3.54. The number of ether oxygens (including phenoxy) is 3. The summed E-state index contributed by atoms with van der Waals surface area (Å²) in [5, 5.41) is 4.18. The van der Waals surface area contributed by atoms with Gasteiger partial charge in [0.05, 0.1) is 19.8 Å². The Hall–Kier alpha value is -2.12. The molecule has 31 heavy (non-hydrogen) atoms. The third kappa shape index (κ3) is 4.58. The SMILES string of the molecule is COc1cccc(CN2CCC3(CC2)CC(Cc2nc(C4CC4)no2)CCO3)c1OC. The Balaban J connectivity index is 1.17. The molecule has 1 aromatic carbocycles. The van der Waals surface area contributed by atoms with Crippen molar-refractivity contribution in [3.05, 3.63) is 35.5 Å². The Morgan fingerprint density at radius 1 is 1.13 bits per heavy atom. The Kier molecular flexibility index (Phi) is 5.89. The number of nitrogens with zero attached hydrogens (tertiary/aromatic N) is 3. The van der Waals surface area contributed by atoms with Gasteiger partial charge < -0.3 is 18.7 Å². The van der Waals surface area contributed by atoms with E-state index in [1.165, 1.54) is 18.4 Å². The maximum absolute atomic E-state index is 6.37. The Labute approximate surface area is 184 Å². The van der Waals surface area contributed by atoms with E-state index in [1.807, 2.05) is 12.1 Å². The fourth-order valence-electron chi connectivity index (χ4n) is 5.19. The van der Waals surface area contributed by atoms with Crippen LogP contribution in [0.4, 0.5) is 0 Å². The fraction of sp³-hybridized carbons (Fsp3) is 0.667. The summed E-state index contributed by atoms with van der Waals surface area (Å²) in [6, 6.07) is 6.10. The first-order valence-corrected chi connectivity index (χ1v) is 11.6. The predicted molar refractivity (Wildman–Crippen MR) is 115 cm³/mol. The quantitative estimate of drug-likeness (QED) is 0.662. The molecule has 5 rings (SSSR count). The molecule has 0 amide bonds. The second kappa shape index (κ2) is 8.79. The maximum Gasteiger partial charge on any atom is 0.226 e. The highest BCUT2D eigenvalue weighted by molar-refractivity contribution is 5.46. The second-order valence-corrected chi connectivity index (χ2v) is 9.34. The lowest BCUT2D eigenvalue weighted by Crippen LogP contribution is -2.49. The van der Waals surface area contributed by atoms with Crippen LogP contribution in [0.2, 0.25) is 0 Å². The average molecular weight is 428 g/mol. The van der Waals surface area contributed by atoms with E-state index in [4.69, 9.17) is 18.7 Å². The van der Waals surface area contributed by atoms with Crippen molar-refractivity contribution in [2.24, 2.45) is 5.92 Å². The molecule has 2 aromatic rings. The molecule has 0 N–H and O–H groups in total. The van der Waals surface area contributed by atoms with Crippen LogP contribution in [-0.2, 0) is 17.7 Å². The van der Waals surface area contributed by atoms with Crippen molar-refractivity contribution in [2.45, 2.75) is 63.0 Å². The highest BCUT2D eigenvalue weighted by Crippen LogP contribution is 2.41. The summed E-state index contributed by atoms with van der Waals surface area (Å²) >= 11 is 0. The molecule has 1 atom stereocenters. The van der Waals surface area contributed by atoms with Crippen molar-refractivity contribution in [3.8, 4) is 11.5 Å². The van der Waals surface area contributed by atoms with Gasteiger partial charge in [-0.2, -0.15) is 4.98 Å². The van der Waals surface area contributed by atoms with Crippen LogP contribution in [0.25, 0.3) is 0 Å². The van der Waals surface area contributed by atoms with Gasteiger partial charge >= 0.3 is 0 Å². The minimum Gasteiger partial charge on any atom is -0.493 e. The van der Waals surface area contributed by atoms with Gasteiger partial charge in [0.15, 0.2) is 17.3 Å². The number of hydrogen-bond donors (Lipinski definition) is 0. The van der Waals surface area contributed by atoms with E-state index in [-0.39, 0.29) is 5.60 Å². The van der Waals surface area contributed by atoms with Gasteiger partial charge in [-0.1, -0.05) is 17.3 Å². The minimum atomic E-state index is -0.00275. The summed E-state index contributed by atoms with van der Waals surface area (Å²) in [5.41, 5.74) is 1.17. The van der Waals surface area contributed by atoms with Gasteiger partial charge in [0.1, 0.15) is 0 Å². The van der Waals surface area contributed by atoms with Crippen molar-refractivity contribution in [2.75, 3.05) is 33.9 Å². The van der Waals surface area contributed by atoms with Gasteiger partial charge in [-0.05, 0) is 50.5 Å². The number of benzene rings is 1. The molecule has 1 aromatic heterocycles. The molecule has 3 aliphatic rings. The molecule has 0 radical (unpaired) electrons. The standard InChI is InChI=1S/C24H33N3O4/c1-28-20-5-3-4-19(22(20)29-2)16-27-11-9-24(10-12-27)15-17(8-13-30-24)14-21-25-23(26-31-21)18-6-7-18/h3-5,17-18H,6-16H2,1-2H3. The number of likely N-dealkylation sites (tertiary alicyclic amines) is 1. The molecule has 7 heteroatoms. The van der Waals surface area contributed by atoms with E-state index in [1.54, 1.807) is 14.2 Å². The largest absolute Gasteiger partial charge is 0.493 e. The number of para-hydroxylation sites is 1. The molecule has 7 nitrogen and oxygen atoms in total. The molecule has 1 unspecified atom stereocenters. The van der Waals surface area contributed by atoms with E-state index in [9.17, 15) is 0 Å². The smallest absolute Gasteiger partial charge is 0.226 e. The van der Waals surface area contributed by atoms with Crippen LogP contribution in [0, 0.1) is 5.92 Å². The first-order valence-electron chi connectivity index (χ1n) is 11.6. The molecule has 3 fully saturated rings. The van der Waals surface area contributed by atoms with Crippen molar-refractivity contribution >= 4 is 0 Å². The lowest BCUT2D eigenvalue weighted by Gasteiger charge is -2.46. The molecule has 2 saturated heterocycles. The van der Waals surface area contributed by atoms with Gasteiger partial charge in [-0.3, -0.25) is 4.90 Å². The number of methoxy groups -OCH3 is 2. The van der Waals surface area contributed by atoms with Gasteiger partial charge in [0.25, 0.3) is 0 Å². The number of hydrogen-bond acceptors (Lipinski definition) is 7. The lowest BCUT2D eigenvalue weighted by molar-refractivity contribution is -0.128. The summed E-state index contributed by atoms with van der Waals surface area (Å²) in [5.74, 6) is 4.46. The summed E-state index contributed by atoms with van der Waals surface area (Å²) < 4.78 is 23.0. The molecule has 2 aliphatic heterocycles. The normalized spacial score (nSPS) is 23.7. The van der Waals surface area contributed by atoms with Gasteiger partial charge in [-0.15, -0.1) is 0 Å². The first-order chi connectivity index (χ1) is 15.2. The maximum atomic E-state index is 6.37. The highest BCUT2D eigenvalue weighted by atomic mass is 16.5. The summed E-state index contributed by atoms with van der Waals surface area (Å²) in [7, 11) is 3.39. The molecule has 1 spiro atoms. The predicted octanol–water partition coefficient (Wildman–Crippen LogP) is 3.97. The van der Waals surface area contributed by atoms with Crippen molar-refractivity contribution in [3.63, 3.8) is 0 Å². The van der Waals surface area contributed by atoms with E-state index in [0.29, 0.717) is 11.8 Å². The molecule has 1 saturated carbocycles. The van der Waals surface area contributed by atoms with Crippen LogP contribution in [-0.4, -0.2) is 54.6 Å². The Morgan fingerprint density at radius 3 is 2.71 bits per heavy atom. The Bertz CT molecular complexity index is 887. The molecular weight excluding hydrogens is 394 g/mol. The topological polar surface area (TPSA) is 69.9 Å². The van der Waals surface area contributed by atoms with Gasteiger partial charge in [0, 0.05) is 44.1 Å².